The Bertz CT molecular complexity index is 1050. The average Bonchev–Trinajstić information content (AvgIpc) is 2.93. The Labute approximate surface area is 216 Å². The molecule has 0 aromatic heterocycles. The zero-order chi connectivity index (χ0) is 25.2. The summed E-state index contributed by atoms with van der Waals surface area (Å²) in [4.78, 5) is 2.56. The molecule has 0 unspecified atom stereocenters. The summed E-state index contributed by atoms with van der Waals surface area (Å²) in [6, 6.07) is 24.9. The van der Waals surface area contributed by atoms with Gasteiger partial charge in [-0.15, -0.1) is 0 Å². The third-order valence-corrected chi connectivity index (χ3v) is 7.25. The van der Waals surface area contributed by atoms with Crippen molar-refractivity contribution >= 4 is 0 Å². The topological polar surface area (TPSA) is 57.0 Å². The van der Waals surface area contributed by atoms with Crippen LogP contribution in [0.3, 0.4) is 0 Å². The third kappa shape index (κ3) is 7.49. The molecule has 5 nitrogen and oxygen atoms in total. The zero-order valence-electron chi connectivity index (χ0n) is 21.7. The summed E-state index contributed by atoms with van der Waals surface area (Å²) in [5.41, 5.74) is 9.58. The lowest BCUT2D eigenvalue weighted by Crippen LogP contribution is -2.32. The van der Waals surface area contributed by atoms with Crippen molar-refractivity contribution in [1.82, 2.24) is 4.90 Å². The molecule has 0 atom stereocenters. The highest BCUT2D eigenvalue weighted by Crippen LogP contribution is 2.32. The fraction of sp³-hybridized carbons (Fsp3) is 0.419. The number of nitrogens with two attached hydrogens (primary N) is 1. The fourth-order valence-electron chi connectivity index (χ4n) is 5.11. The Hall–Kier alpha value is -3.02. The summed E-state index contributed by atoms with van der Waals surface area (Å²) in [5, 5.41) is 0. The first-order chi connectivity index (χ1) is 17.7. The van der Waals surface area contributed by atoms with Crippen LogP contribution >= 0.6 is 0 Å². The molecule has 1 fully saturated rings. The molecule has 192 valence electrons. The van der Waals surface area contributed by atoms with Crippen molar-refractivity contribution in [3.63, 3.8) is 0 Å². The van der Waals surface area contributed by atoms with E-state index in [2.05, 4.69) is 41.3 Å². The minimum absolute atomic E-state index is 0.519. The number of nitrogens with zero attached hydrogens (tertiary/aromatic N) is 1. The van der Waals surface area contributed by atoms with E-state index in [1.165, 1.54) is 36.8 Å². The Morgan fingerprint density at radius 3 is 2.06 bits per heavy atom. The van der Waals surface area contributed by atoms with Crippen LogP contribution in [0.2, 0.25) is 0 Å². The van der Waals surface area contributed by atoms with Gasteiger partial charge in [0.25, 0.3) is 0 Å². The van der Waals surface area contributed by atoms with Gasteiger partial charge in [-0.3, -0.25) is 4.90 Å². The molecule has 0 radical (unpaired) electrons. The number of hydrogen-bond acceptors (Lipinski definition) is 5. The maximum atomic E-state index is 6.07. The lowest BCUT2D eigenvalue weighted by Gasteiger charge is -2.32. The Kier molecular flexibility index (Phi) is 9.65. The molecule has 0 heterocycles. The molecule has 0 saturated heterocycles. The van der Waals surface area contributed by atoms with E-state index in [1.54, 1.807) is 14.2 Å². The molecule has 0 amide bonds. The van der Waals surface area contributed by atoms with Gasteiger partial charge < -0.3 is 19.9 Å². The van der Waals surface area contributed by atoms with Crippen molar-refractivity contribution in [3.05, 3.63) is 89.5 Å². The minimum atomic E-state index is 0.519. The van der Waals surface area contributed by atoms with E-state index in [1.807, 2.05) is 36.4 Å². The van der Waals surface area contributed by atoms with E-state index in [0.717, 1.165) is 49.0 Å². The Morgan fingerprint density at radius 2 is 1.39 bits per heavy atom. The smallest absolute Gasteiger partial charge is 0.161 e. The standard InChI is InChI=1S/C31H40N2O3/c1-34-29-15-12-26(13-16-29)21-33(20-25-10-8-24(19-32)9-11-25)22-28-14-17-30(31(18-28)35-2)36-23-27-6-4-3-5-7-27/h3-7,12-18,24-25H,8-11,19-23,32H2,1-2H3. The number of benzene rings is 3. The molecule has 3 aromatic carbocycles. The van der Waals surface area contributed by atoms with E-state index >= 15 is 0 Å². The van der Waals surface area contributed by atoms with Crippen LogP contribution in [0.5, 0.6) is 17.2 Å². The van der Waals surface area contributed by atoms with Gasteiger partial charge in [0.2, 0.25) is 0 Å². The average molecular weight is 489 g/mol. The zero-order valence-corrected chi connectivity index (χ0v) is 21.7. The lowest BCUT2D eigenvalue weighted by atomic mass is 9.82. The van der Waals surface area contributed by atoms with Crippen LogP contribution < -0.4 is 19.9 Å². The Balaban J connectivity index is 1.45. The molecule has 3 aromatic rings. The second-order valence-corrected chi connectivity index (χ2v) is 9.90. The van der Waals surface area contributed by atoms with Gasteiger partial charge in [0.15, 0.2) is 11.5 Å². The van der Waals surface area contributed by atoms with Gasteiger partial charge in [-0.1, -0.05) is 48.5 Å². The third-order valence-electron chi connectivity index (χ3n) is 7.25. The molecule has 5 heteroatoms. The quantitative estimate of drug-likeness (QED) is 0.336. The molecule has 4 rings (SSSR count). The summed E-state index contributed by atoms with van der Waals surface area (Å²) in [5.74, 6) is 3.84. The van der Waals surface area contributed by atoms with E-state index in [4.69, 9.17) is 19.9 Å². The van der Waals surface area contributed by atoms with Gasteiger partial charge in [-0.05, 0) is 85.0 Å². The van der Waals surface area contributed by atoms with Crippen LogP contribution in [-0.4, -0.2) is 32.2 Å². The van der Waals surface area contributed by atoms with Crippen LogP contribution in [0.15, 0.2) is 72.8 Å². The summed E-state index contributed by atoms with van der Waals surface area (Å²) >= 11 is 0. The first kappa shape index (κ1) is 26.1. The molecule has 0 aliphatic heterocycles. The van der Waals surface area contributed by atoms with Crippen LogP contribution in [0, 0.1) is 11.8 Å². The predicted molar refractivity (Wildman–Crippen MR) is 145 cm³/mol. The van der Waals surface area contributed by atoms with Crippen molar-refractivity contribution in [2.45, 2.75) is 45.4 Å². The van der Waals surface area contributed by atoms with Gasteiger partial charge in [0.05, 0.1) is 14.2 Å². The second-order valence-electron chi connectivity index (χ2n) is 9.90. The molecule has 36 heavy (non-hydrogen) atoms. The summed E-state index contributed by atoms with van der Waals surface area (Å²) in [6.45, 7) is 4.18. The van der Waals surface area contributed by atoms with Gasteiger partial charge in [-0.2, -0.15) is 0 Å². The molecular weight excluding hydrogens is 448 g/mol. The molecule has 1 saturated carbocycles. The molecule has 1 aliphatic rings. The van der Waals surface area contributed by atoms with E-state index in [9.17, 15) is 0 Å². The van der Waals surface area contributed by atoms with Gasteiger partial charge in [0, 0.05) is 19.6 Å². The second kappa shape index (κ2) is 13.3. The van der Waals surface area contributed by atoms with Crippen molar-refractivity contribution in [3.8, 4) is 17.2 Å². The van der Waals surface area contributed by atoms with Crippen LogP contribution in [0.4, 0.5) is 0 Å². The van der Waals surface area contributed by atoms with E-state index in [-0.39, 0.29) is 0 Å². The predicted octanol–water partition coefficient (Wildman–Crippen LogP) is 6.05. The summed E-state index contributed by atoms with van der Waals surface area (Å²) in [7, 11) is 3.42. The van der Waals surface area contributed by atoms with Crippen LogP contribution in [0.25, 0.3) is 0 Å². The number of hydrogen-bond donors (Lipinski definition) is 1. The molecule has 1 aliphatic carbocycles. The highest BCUT2D eigenvalue weighted by molar-refractivity contribution is 5.43. The highest BCUT2D eigenvalue weighted by Gasteiger charge is 2.23. The maximum absolute atomic E-state index is 6.07. The monoisotopic (exact) mass is 488 g/mol. The summed E-state index contributed by atoms with van der Waals surface area (Å²) < 4.78 is 17.1. The fourth-order valence-corrected chi connectivity index (χ4v) is 5.11. The number of methoxy groups -OCH3 is 2. The SMILES string of the molecule is COc1ccc(CN(Cc2ccc(OCc3ccccc3)c(OC)c2)CC2CCC(CN)CC2)cc1. The van der Waals surface area contributed by atoms with Crippen molar-refractivity contribution in [2.75, 3.05) is 27.3 Å². The maximum Gasteiger partial charge on any atom is 0.161 e. The van der Waals surface area contributed by atoms with Crippen LogP contribution in [-0.2, 0) is 19.7 Å². The van der Waals surface area contributed by atoms with E-state index in [0.29, 0.717) is 18.4 Å². The van der Waals surface area contributed by atoms with Gasteiger partial charge in [-0.25, -0.2) is 0 Å². The Morgan fingerprint density at radius 1 is 0.722 bits per heavy atom. The van der Waals surface area contributed by atoms with Gasteiger partial charge >= 0.3 is 0 Å². The normalized spacial score (nSPS) is 17.7. The van der Waals surface area contributed by atoms with E-state index < -0.39 is 0 Å². The molecule has 2 N–H and O–H groups in total. The first-order valence-corrected chi connectivity index (χ1v) is 13.1. The molecule has 0 bridgehead atoms. The summed E-state index contributed by atoms with van der Waals surface area (Å²) in [6.07, 6.45) is 5.02. The largest absolute Gasteiger partial charge is 0.497 e. The number of ether oxygens (including phenoxy) is 3. The van der Waals surface area contributed by atoms with Crippen molar-refractivity contribution < 1.29 is 14.2 Å². The van der Waals surface area contributed by atoms with Crippen molar-refractivity contribution in [2.24, 2.45) is 17.6 Å². The minimum Gasteiger partial charge on any atom is -0.497 e. The van der Waals surface area contributed by atoms with Crippen LogP contribution in [0.1, 0.15) is 42.4 Å². The molecular formula is C31H40N2O3. The number of rotatable bonds is 12. The lowest BCUT2D eigenvalue weighted by molar-refractivity contribution is 0.170. The van der Waals surface area contributed by atoms with Gasteiger partial charge in [0.1, 0.15) is 12.4 Å². The first-order valence-electron chi connectivity index (χ1n) is 13.1. The van der Waals surface area contributed by atoms with Crippen molar-refractivity contribution in [1.29, 1.82) is 0 Å². The highest BCUT2D eigenvalue weighted by atomic mass is 16.5. The molecule has 0 spiro atoms.